The van der Waals surface area contributed by atoms with E-state index in [-0.39, 0.29) is 30.2 Å². The average Bonchev–Trinajstić information content (AvgIpc) is 3.30. The molecule has 2 aromatic heterocycles. The largest absolute Gasteiger partial charge is 0.463 e. The molecule has 0 aromatic carbocycles. The fraction of sp³-hybridized carbons (Fsp3) is 0.333. The van der Waals surface area contributed by atoms with Gasteiger partial charge in [0.2, 0.25) is 5.91 Å². The van der Waals surface area contributed by atoms with Gasteiger partial charge in [-0.1, -0.05) is 43.1 Å². The van der Waals surface area contributed by atoms with Gasteiger partial charge in [0.05, 0.1) is 29.1 Å². The van der Waals surface area contributed by atoms with Gasteiger partial charge in [0.15, 0.2) is 11.6 Å². The zero-order chi connectivity index (χ0) is 30.1. The summed E-state index contributed by atoms with van der Waals surface area (Å²) >= 11 is 11.6. The number of allylic oxidation sites excluding steroid dienone is 1. The van der Waals surface area contributed by atoms with Crippen molar-refractivity contribution in [2.45, 2.75) is 46.1 Å². The Bertz CT molecular complexity index is 1080. The van der Waals surface area contributed by atoms with Crippen LogP contribution in [0.15, 0.2) is 48.8 Å². The Kier molecular flexibility index (Phi) is 23.0. The van der Waals surface area contributed by atoms with Gasteiger partial charge in [-0.25, -0.2) is 20.6 Å². The van der Waals surface area contributed by atoms with Gasteiger partial charge in [0.25, 0.3) is 0 Å². The molecule has 1 aliphatic rings. The number of esters is 1. The Hall–Kier alpha value is -4.12. The molecule has 3 heterocycles. The van der Waals surface area contributed by atoms with E-state index in [0.29, 0.717) is 34.7 Å². The lowest BCUT2D eigenvalue weighted by atomic mass is 10.1. The van der Waals surface area contributed by atoms with Crippen LogP contribution in [0.3, 0.4) is 0 Å². The van der Waals surface area contributed by atoms with Crippen molar-refractivity contribution in [3.05, 3.63) is 58.9 Å². The Balaban J connectivity index is 0. The standard InChI is InChI=1S/C10H12ClN3O.C7H12O2.C5H6ClN3.2CO2/c1-2-7-6-9(15)13-14(7)10-8(11)4-3-5-12-10;1-3-5-6-7(8)9-4-2;6-4-2-1-3-8-5(4)9-7;2*2-1-3/h3-5,7H,2,6H2,1H3,(H,13,15);5-6H,3-4H2,1-2H3;1-3H,7H2,(H,8,9);;/b;6-5-;;;. The highest BCUT2D eigenvalue weighted by Crippen LogP contribution is 2.27. The van der Waals surface area contributed by atoms with Crippen molar-refractivity contribution in [2.24, 2.45) is 5.84 Å². The number of nitrogens with one attached hydrogen (secondary N) is 2. The third kappa shape index (κ3) is 17.1. The minimum Gasteiger partial charge on any atom is -0.463 e. The number of pyridine rings is 2. The SMILES string of the molecule is CC/C=C\C(=O)OCC.CCC1CC(=O)NN1c1ncccc1Cl.NNc1ncccc1Cl.O=C=O.O=C=O. The number of hydrazine groups is 2. The second-order valence-electron chi connectivity index (χ2n) is 6.69. The van der Waals surface area contributed by atoms with Gasteiger partial charge in [0.1, 0.15) is 0 Å². The molecule has 1 unspecified atom stereocenters. The third-order valence-corrected chi connectivity index (χ3v) is 4.74. The number of carbonyl (C=O) groups is 2. The van der Waals surface area contributed by atoms with Crippen LogP contribution in [0.4, 0.5) is 11.6 Å². The van der Waals surface area contributed by atoms with E-state index in [1.54, 1.807) is 54.7 Å². The number of amides is 1. The van der Waals surface area contributed by atoms with Gasteiger partial charge >= 0.3 is 18.3 Å². The summed E-state index contributed by atoms with van der Waals surface area (Å²) in [4.78, 5) is 62.3. The Morgan fingerprint density at radius 3 is 2.13 bits per heavy atom. The molecule has 212 valence electrons. The summed E-state index contributed by atoms with van der Waals surface area (Å²) in [6.07, 6.45) is 9.26. The molecule has 2 aromatic rings. The van der Waals surface area contributed by atoms with E-state index in [0.717, 1.165) is 12.8 Å². The van der Waals surface area contributed by atoms with Gasteiger partial charge in [-0.05, 0) is 44.0 Å². The number of hydrogen-bond acceptors (Lipinski definition) is 12. The summed E-state index contributed by atoms with van der Waals surface area (Å²) in [5.41, 5.74) is 5.11. The molecule has 0 bridgehead atoms. The van der Waals surface area contributed by atoms with Gasteiger partial charge in [-0.2, -0.15) is 19.2 Å². The average molecular weight is 585 g/mol. The predicted molar refractivity (Wildman–Crippen MR) is 142 cm³/mol. The number of nitrogens with zero attached hydrogens (tertiary/aromatic N) is 3. The summed E-state index contributed by atoms with van der Waals surface area (Å²) in [5, 5.41) is 2.84. The molecule has 15 heteroatoms. The fourth-order valence-electron chi connectivity index (χ4n) is 2.58. The van der Waals surface area contributed by atoms with Crippen LogP contribution in [0, 0.1) is 0 Å². The summed E-state index contributed by atoms with van der Waals surface area (Å²) < 4.78 is 4.62. The van der Waals surface area contributed by atoms with Crippen molar-refractivity contribution in [1.29, 1.82) is 0 Å². The van der Waals surface area contributed by atoms with Gasteiger partial charge in [-0.15, -0.1) is 0 Å². The van der Waals surface area contributed by atoms with Crippen molar-refractivity contribution in [2.75, 3.05) is 17.0 Å². The van der Waals surface area contributed by atoms with E-state index in [9.17, 15) is 9.59 Å². The minimum absolute atomic E-state index is 0.0172. The Morgan fingerprint density at radius 1 is 1.13 bits per heavy atom. The lowest BCUT2D eigenvalue weighted by Crippen LogP contribution is -2.38. The smallest absolute Gasteiger partial charge is 0.373 e. The zero-order valence-corrected chi connectivity index (χ0v) is 23.1. The molecule has 0 aliphatic carbocycles. The zero-order valence-electron chi connectivity index (χ0n) is 21.6. The van der Waals surface area contributed by atoms with E-state index in [2.05, 4.69) is 25.6 Å². The van der Waals surface area contributed by atoms with Crippen LogP contribution in [0.1, 0.15) is 40.0 Å². The second kappa shape index (κ2) is 24.2. The number of anilines is 2. The first kappa shape index (κ1) is 37.0. The van der Waals surface area contributed by atoms with Gasteiger partial charge in [0, 0.05) is 18.5 Å². The molecule has 1 amide bonds. The summed E-state index contributed by atoms with van der Waals surface area (Å²) in [6.45, 7) is 6.25. The number of ether oxygens (including phenoxy) is 1. The van der Waals surface area contributed by atoms with Crippen LogP contribution in [0.5, 0.6) is 0 Å². The number of nitrogen functional groups attached to an aromatic ring is 1. The normalized spacial score (nSPS) is 12.7. The quantitative estimate of drug-likeness (QED) is 0.195. The molecular weight excluding hydrogens is 555 g/mol. The summed E-state index contributed by atoms with van der Waals surface area (Å²) in [6, 6.07) is 7.13. The van der Waals surface area contributed by atoms with Crippen LogP contribution in [0.25, 0.3) is 0 Å². The maximum atomic E-state index is 11.3. The van der Waals surface area contributed by atoms with Crippen LogP contribution in [-0.4, -0.2) is 46.8 Å². The fourth-order valence-corrected chi connectivity index (χ4v) is 2.97. The second-order valence-corrected chi connectivity index (χ2v) is 7.50. The predicted octanol–water partition coefficient (Wildman–Crippen LogP) is 3.12. The van der Waals surface area contributed by atoms with Crippen molar-refractivity contribution in [1.82, 2.24) is 15.4 Å². The van der Waals surface area contributed by atoms with E-state index < -0.39 is 0 Å². The van der Waals surface area contributed by atoms with Crippen LogP contribution in [0.2, 0.25) is 10.0 Å². The number of rotatable bonds is 6. The van der Waals surface area contributed by atoms with E-state index in [1.165, 1.54) is 6.08 Å². The van der Waals surface area contributed by atoms with Gasteiger partial charge in [-0.3, -0.25) is 15.2 Å². The van der Waals surface area contributed by atoms with E-state index in [1.807, 2.05) is 13.8 Å². The highest BCUT2D eigenvalue weighted by molar-refractivity contribution is 6.33. The molecule has 3 rings (SSSR count). The molecule has 1 atom stereocenters. The first-order valence-corrected chi connectivity index (χ1v) is 12.0. The first-order valence-electron chi connectivity index (χ1n) is 11.3. The Labute approximate surface area is 235 Å². The van der Waals surface area contributed by atoms with Crippen LogP contribution in [-0.2, 0) is 33.5 Å². The van der Waals surface area contributed by atoms with Crippen LogP contribution < -0.4 is 21.7 Å². The van der Waals surface area contributed by atoms with E-state index >= 15 is 0 Å². The number of halogens is 2. The molecular formula is C24H30Cl2N6O7. The van der Waals surface area contributed by atoms with E-state index in [4.69, 9.17) is 48.2 Å². The molecule has 1 aliphatic heterocycles. The monoisotopic (exact) mass is 584 g/mol. The molecule has 0 spiro atoms. The topological polar surface area (TPSA) is 191 Å². The summed E-state index contributed by atoms with van der Waals surface area (Å²) in [7, 11) is 0. The summed E-state index contributed by atoms with van der Waals surface area (Å²) in [5.74, 6) is 5.94. The highest BCUT2D eigenvalue weighted by Gasteiger charge is 2.30. The Morgan fingerprint density at radius 2 is 1.69 bits per heavy atom. The van der Waals surface area contributed by atoms with Crippen LogP contribution >= 0.6 is 23.2 Å². The molecule has 1 saturated heterocycles. The number of carbonyl (C=O) groups excluding carboxylic acids is 6. The molecule has 39 heavy (non-hydrogen) atoms. The number of aromatic nitrogens is 2. The maximum absolute atomic E-state index is 11.3. The minimum atomic E-state index is -0.251. The molecule has 1 fully saturated rings. The lowest BCUT2D eigenvalue weighted by Gasteiger charge is -2.23. The van der Waals surface area contributed by atoms with Crippen molar-refractivity contribution < 1.29 is 33.5 Å². The molecule has 13 nitrogen and oxygen atoms in total. The molecule has 0 saturated carbocycles. The number of nitrogens with two attached hydrogens (primary N) is 1. The number of hydrogen-bond donors (Lipinski definition) is 3. The molecule has 4 N–H and O–H groups in total. The molecule has 0 radical (unpaired) electrons. The lowest BCUT2D eigenvalue weighted by molar-refractivity contribution is -0.193. The first-order chi connectivity index (χ1) is 18.7. The highest BCUT2D eigenvalue weighted by atomic mass is 35.5. The van der Waals surface area contributed by atoms with Gasteiger partial charge < -0.3 is 10.2 Å². The van der Waals surface area contributed by atoms with Crippen molar-refractivity contribution in [3.63, 3.8) is 0 Å². The van der Waals surface area contributed by atoms with Crippen molar-refractivity contribution >= 4 is 59.0 Å². The van der Waals surface area contributed by atoms with Crippen molar-refractivity contribution in [3.8, 4) is 0 Å². The maximum Gasteiger partial charge on any atom is 0.373 e. The third-order valence-electron chi connectivity index (χ3n) is 4.14.